The zero-order valence-corrected chi connectivity index (χ0v) is 11.0. The number of aromatic nitrogens is 1. The molecule has 1 heterocycles. The standard InChI is InChI=1S/C15H20N2O/c1-16(2)11-3-5-13-6-4-12-17(13)14-7-9-15(18)10-8-14/h4,6-10,12,18H,3,5,11H2,1-2H3. The van der Waals surface area contributed by atoms with Gasteiger partial charge in [0.15, 0.2) is 0 Å². The molecule has 0 amide bonds. The third-order valence-corrected chi connectivity index (χ3v) is 3.00. The average Bonchev–Trinajstić information content (AvgIpc) is 2.78. The van der Waals surface area contributed by atoms with Crippen LogP contribution in [0.15, 0.2) is 42.6 Å². The number of rotatable bonds is 5. The highest BCUT2D eigenvalue weighted by molar-refractivity contribution is 5.39. The van der Waals surface area contributed by atoms with Crippen molar-refractivity contribution >= 4 is 0 Å². The summed E-state index contributed by atoms with van der Waals surface area (Å²) in [7, 11) is 4.19. The summed E-state index contributed by atoms with van der Waals surface area (Å²) in [6, 6.07) is 11.5. The van der Waals surface area contributed by atoms with Gasteiger partial charge in [-0.2, -0.15) is 0 Å². The van der Waals surface area contributed by atoms with Crippen LogP contribution in [0.3, 0.4) is 0 Å². The molecule has 1 aromatic carbocycles. The monoisotopic (exact) mass is 244 g/mol. The van der Waals surface area contributed by atoms with Gasteiger partial charge in [-0.05, 0) is 69.9 Å². The van der Waals surface area contributed by atoms with Crippen LogP contribution in [0, 0.1) is 0 Å². The number of nitrogens with zero attached hydrogens (tertiary/aromatic N) is 2. The van der Waals surface area contributed by atoms with Crippen molar-refractivity contribution in [2.24, 2.45) is 0 Å². The number of aromatic hydroxyl groups is 1. The van der Waals surface area contributed by atoms with E-state index in [2.05, 4.69) is 41.9 Å². The minimum atomic E-state index is 0.306. The second-order valence-electron chi connectivity index (χ2n) is 4.79. The maximum Gasteiger partial charge on any atom is 0.115 e. The minimum absolute atomic E-state index is 0.306. The smallest absolute Gasteiger partial charge is 0.115 e. The minimum Gasteiger partial charge on any atom is -0.508 e. The highest BCUT2D eigenvalue weighted by Crippen LogP contribution is 2.17. The van der Waals surface area contributed by atoms with E-state index in [4.69, 9.17) is 0 Å². The van der Waals surface area contributed by atoms with Gasteiger partial charge in [-0.1, -0.05) is 0 Å². The largest absolute Gasteiger partial charge is 0.508 e. The SMILES string of the molecule is CN(C)CCCc1cccn1-c1ccc(O)cc1. The Labute approximate surface area is 108 Å². The molecule has 0 bridgehead atoms. The summed E-state index contributed by atoms with van der Waals surface area (Å²) >= 11 is 0. The van der Waals surface area contributed by atoms with Gasteiger partial charge in [0.1, 0.15) is 5.75 Å². The van der Waals surface area contributed by atoms with Crippen LogP contribution in [0.5, 0.6) is 5.75 Å². The molecule has 2 aromatic rings. The quantitative estimate of drug-likeness (QED) is 0.876. The zero-order chi connectivity index (χ0) is 13.0. The molecular formula is C15H20N2O. The third kappa shape index (κ3) is 3.14. The predicted octanol–water partition coefficient (Wildman–Crippen LogP) is 2.68. The molecule has 0 unspecified atom stereocenters. The van der Waals surface area contributed by atoms with Gasteiger partial charge in [0.2, 0.25) is 0 Å². The van der Waals surface area contributed by atoms with Crippen LogP contribution in [0.2, 0.25) is 0 Å². The Bertz CT molecular complexity index is 485. The Kier molecular flexibility index (Phi) is 4.05. The molecule has 0 fully saturated rings. The van der Waals surface area contributed by atoms with E-state index in [-0.39, 0.29) is 0 Å². The molecule has 96 valence electrons. The molecule has 0 atom stereocenters. The molecule has 3 nitrogen and oxygen atoms in total. The fourth-order valence-corrected chi connectivity index (χ4v) is 2.06. The third-order valence-electron chi connectivity index (χ3n) is 3.00. The lowest BCUT2D eigenvalue weighted by Crippen LogP contribution is -2.14. The van der Waals surface area contributed by atoms with Crippen LogP contribution >= 0.6 is 0 Å². The van der Waals surface area contributed by atoms with Gasteiger partial charge in [0.25, 0.3) is 0 Å². The summed E-state index contributed by atoms with van der Waals surface area (Å²) in [4.78, 5) is 2.20. The van der Waals surface area contributed by atoms with Crippen molar-refractivity contribution in [2.45, 2.75) is 12.8 Å². The molecule has 0 spiro atoms. The number of phenols is 1. The Morgan fingerprint density at radius 1 is 1.11 bits per heavy atom. The zero-order valence-electron chi connectivity index (χ0n) is 11.0. The Morgan fingerprint density at radius 2 is 1.83 bits per heavy atom. The van der Waals surface area contributed by atoms with Gasteiger partial charge in [0, 0.05) is 17.6 Å². The lowest BCUT2D eigenvalue weighted by atomic mass is 10.2. The van der Waals surface area contributed by atoms with Gasteiger partial charge in [-0.3, -0.25) is 0 Å². The summed E-state index contributed by atoms with van der Waals surface area (Å²) < 4.78 is 2.18. The molecule has 0 aliphatic heterocycles. The number of hydrogen-bond donors (Lipinski definition) is 1. The lowest BCUT2D eigenvalue weighted by molar-refractivity contribution is 0.399. The fraction of sp³-hybridized carbons (Fsp3) is 0.333. The summed E-state index contributed by atoms with van der Waals surface area (Å²) in [5.74, 6) is 0.306. The van der Waals surface area contributed by atoms with E-state index in [0.29, 0.717) is 5.75 Å². The highest BCUT2D eigenvalue weighted by Gasteiger charge is 2.03. The summed E-state index contributed by atoms with van der Waals surface area (Å²) in [5, 5.41) is 9.31. The van der Waals surface area contributed by atoms with Crippen molar-refractivity contribution in [1.29, 1.82) is 0 Å². The number of benzene rings is 1. The Balaban J connectivity index is 2.10. The molecule has 3 heteroatoms. The van der Waals surface area contributed by atoms with Crippen molar-refractivity contribution in [3.63, 3.8) is 0 Å². The van der Waals surface area contributed by atoms with E-state index >= 15 is 0 Å². The molecule has 0 saturated heterocycles. The van der Waals surface area contributed by atoms with Gasteiger partial charge in [-0.25, -0.2) is 0 Å². The van der Waals surface area contributed by atoms with Gasteiger partial charge >= 0.3 is 0 Å². The van der Waals surface area contributed by atoms with Crippen molar-refractivity contribution in [3.05, 3.63) is 48.3 Å². The first-order chi connectivity index (χ1) is 8.66. The van der Waals surface area contributed by atoms with Crippen LogP contribution in [-0.2, 0) is 6.42 Å². The topological polar surface area (TPSA) is 28.4 Å². The predicted molar refractivity (Wildman–Crippen MR) is 74.3 cm³/mol. The molecule has 1 aromatic heterocycles. The van der Waals surface area contributed by atoms with Crippen LogP contribution < -0.4 is 0 Å². The van der Waals surface area contributed by atoms with Gasteiger partial charge in [-0.15, -0.1) is 0 Å². The lowest BCUT2D eigenvalue weighted by Gasteiger charge is -2.12. The maximum absolute atomic E-state index is 9.31. The molecule has 0 radical (unpaired) electrons. The van der Waals surface area contributed by atoms with E-state index in [1.54, 1.807) is 12.1 Å². The second-order valence-corrected chi connectivity index (χ2v) is 4.79. The van der Waals surface area contributed by atoms with Crippen LogP contribution in [-0.4, -0.2) is 35.2 Å². The van der Waals surface area contributed by atoms with Crippen molar-refractivity contribution < 1.29 is 5.11 Å². The van der Waals surface area contributed by atoms with E-state index in [1.807, 2.05) is 12.1 Å². The van der Waals surface area contributed by atoms with Crippen molar-refractivity contribution in [3.8, 4) is 11.4 Å². The molecular weight excluding hydrogens is 224 g/mol. The van der Waals surface area contributed by atoms with Crippen LogP contribution in [0.1, 0.15) is 12.1 Å². The first kappa shape index (κ1) is 12.7. The number of phenolic OH excluding ortho intramolecular Hbond substituents is 1. The molecule has 0 aliphatic rings. The second kappa shape index (κ2) is 5.74. The van der Waals surface area contributed by atoms with E-state index in [9.17, 15) is 5.11 Å². The Hall–Kier alpha value is -1.74. The van der Waals surface area contributed by atoms with Gasteiger partial charge < -0.3 is 14.6 Å². The van der Waals surface area contributed by atoms with Crippen LogP contribution in [0.25, 0.3) is 5.69 Å². The Morgan fingerprint density at radius 3 is 2.50 bits per heavy atom. The molecule has 18 heavy (non-hydrogen) atoms. The summed E-state index contributed by atoms with van der Waals surface area (Å²) in [6.45, 7) is 1.10. The molecule has 0 saturated carbocycles. The van der Waals surface area contributed by atoms with E-state index in [0.717, 1.165) is 25.1 Å². The first-order valence-electron chi connectivity index (χ1n) is 6.27. The summed E-state index contributed by atoms with van der Waals surface area (Å²) in [5.41, 5.74) is 2.40. The molecule has 2 rings (SSSR count). The van der Waals surface area contributed by atoms with Crippen molar-refractivity contribution in [2.75, 3.05) is 20.6 Å². The van der Waals surface area contributed by atoms with Crippen molar-refractivity contribution in [1.82, 2.24) is 9.47 Å². The number of hydrogen-bond acceptors (Lipinski definition) is 2. The molecule has 0 aliphatic carbocycles. The number of aryl methyl sites for hydroxylation is 1. The average molecular weight is 244 g/mol. The van der Waals surface area contributed by atoms with Gasteiger partial charge in [0.05, 0.1) is 0 Å². The highest BCUT2D eigenvalue weighted by atomic mass is 16.3. The first-order valence-corrected chi connectivity index (χ1v) is 6.27. The van der Waals surface area contributed by atoms with E-state index < -0.39 is 0 Å². The normalized spacial score (nSPS) is 11.1. The molecule has 1 N–H and O–H groups in total. The van der Waals surface area contributed by atoms with E-state index in [1.165, 1.54) is 5.69 Å². The summed E-state index contributed by atoms with van der Waals surface area (Å²) in [6.07, 6.45) is 4.28. The fourth-order valence-electron chi connectivity index (χ4n) is 2.06. The maximum atomic E-state index is 9.31. The van der Waals surface area contributed by atoms with Crippen LogP contribution in [0.4, 0.5) is 0 Å².